The molecule has 98 valence electrons. The standard InChI is InChI=1S/C15H20FNO/c1-3-4-15(17)12(2)11-13-5-7-14(8-6-13)18-10-9-16/h5-8,12,15H,9-11,17H2,1-2H3. The van der Waals surface area contributed by atoms with Crippen LogP contribution in [0.2, 0.25) is 0 Å². The van der Waals surface area contributed by atoms with Gasteiger partial charge in [-0.1, -0.05) is 25.0 Å². The summed E-state index contributed by atoms with van der Waals surface area (Å²) in [4.78, 5) is 0. The van der Waals surface area contributed by atoms with E-state index in [9.17, 15) is 4.39 Å². The summed E-state index contributed by atoms with van der Waals surface area (Å²) >= 11 is 0. The van der Waals surface area contributed by atoms with Crippen LogP contribution in [0.25, 0.3) is 0 Å². The zero-order chi connectivity index (χ0) is 13.4. The summed E-state index contributed by atoms with van der Waals surface area (Å²) in [6.45, 7) is 3.52. The Hall–Kier alpha value is -1.53. The number of hydrogen-bond donors (Lipinski definition) is 1. The molecule has 0 bridgehead atoms. The molecule has 3 heteroatoms. The third-order valence-electron chi connectivity index (χ3n) is 2.75. The summed E-state index contributed by atoms with van der Waals surface area (Å²) in [5.74, 6) is 6.80. The summed E-state index contributed by atoms with van der Waals surface area (Å²) in [7, 11) is 0. The summed E-state index contributed by atoms with van der Waals surface area (Å²) < 4.78 is 17.1. The largest absolute Gasteiger partial charge is 0.491 e. The fourth-order valence-electron chi connectivity index (χ4n) is 1.69. The van der Waals surface area contributed by atoms with E-state index in [1.807, 2.05) is 24.3 Å². The van der Waals surface area contributed by atoms with Gasteiger partial charge in [0.1, 0.15) is 19.0 Å². The fourth-order valence-corrected chi connectivity index (χ4v) is 1.69. The molecule has 0 radical (unpaired) electrons. The molecule has 0 saturated carbocycles. The molecule has 18 heavy (non-hydrogen) atoms. The first-order valence-electron chi connectivity index (χ1n) is 6.13. The molecule has 0 aliphatic heterocycles. The quantitative estimate of drug-likeness (QED) is 0.786. The molecule has 0 saturated heterocycles. The lowest BCUT2D eigenvalue weighted by Crippen LogP contribution is -2.27. The molecule has 2 N–H and O–H groups in total. The first kappa shape index (κ1) is 14.5. The predicted octanol–water partition coefficient (Wildman–Crippen LogP) is 2.56. The van der Waals surface area contributed by atoms with Crippen LogP contribution in [-0.4, -0.2) is 19.3 Å². The van der Waals surface area contributed by atoms with Crippen LogP contribution in [0.15, 0.2) is 24.3 Å². The second-order valence-electron chi connectivity index (χ2n) is 4.28. The van der Waals surface area contributed by atoms with E-state index in [1.165, 1.54) is 5.56 Å². The van der Waals surface area contributed by atoms with E-state index < -0.39 is 6.67 Å². The number of ether oxygens (including phenoxy) is 1. The van der Waals surface area contributed by atoms with Gasteiger partial charge in [0.25, 0.3) is 0 Å². The average Bonchev–Trinajstić information content (AvgIpc) is 2.38. The smallest absolute Gasteiger partial charge is 0.123 e. The Morgan fingerprint density at radius 2 is 2.00 bits per heavy atom. The van der Waals surface area contributed by atoms with Gasteiger partial charge in [-0.05, 0) is 37.0 Å². The molecular weight excluding hydrogens is 229 g/mol. The van der Waals surface area contributed by atoms with Gasteiger partial charge in [-0.25, -0.2) is 4.39 Å². The van der Waals surface area contributed by atoms with E-state index in [-0.39, 0.29) is 12.6 Å². The van der Waals surface area contributed by atoms with Gasteiger partial charge in [0, 0.05) is 0 Å². The van der Waals surface area contributed by atoms with Crippen LogP contribution < -0.4 is 10.5 Å². The van der Waals surface area contributed by atoms with Crippen molar-refractivity contribution in [3.8, 4) is 17.6 Å². The molecule has 2 atom stereocenters. The van der Waals surface area contributed by atoms with Crippen molar-refractivity contribution in [2.24, 2.45) is 11.7 Å². The highest BCUT2D eigenvalue weighted by Crippen LogP contribution is 2.16. The van der Waals surface area contributed by atoms with E-state index in [0.29, 0.717) is 11.7 Å². The van der Waals surface area contributed by atoms with E-state index >= 15 is 0 Å². The molecule has 0 fully saturated rings. The molecule has 0 aliphatic carbocycles. The fraction of sp³-hybridized carbons (Fsp3) is 0.467. The molecule has 0 heterocycles. The number of alkyl halides is 1. The third kappa shape index (κ3) is 4.77. The molecule has 1 aromatic rings. The van der Waals surface area contributed by atoms with Crippen molar-refractivity contribution < 1.29 is 9.13 Å². The number of halogens is 1. The number of rotatable bonds is 6. The summed E-state index contributed by atoms with van der Waals surface area (Å²) in [6, 6.07) is 7.58. The Kier molecular flexibility index (Phi) is 6.24. The van der Waals surface area contributed by atoms with E-state index in [2.05, 4.69) is 18.8 Å². The van der Waals surface area contributed by atoms with Crippen LogP contribution in [0.5, 0.6) is 5.75 Å². The Balaban J connectivity index is 2.54. The van der Waals surface area contributed by atoms with Crippen molar-refractivity contribution in [3.05, 3.63) is 29.8 Å². The molecule has 1 aromatic carbocycles. The van der Waals surface area contributed by atoms with Crippen molar-refractivity contribution in [2.75, 3.05) is 13.3 Å². The van der Waals surface area contributed by atoms with Crippen molar-refractivity contribution in [1.82, 2.24) is 0 Å². The summed E-state index contributed by atoms with van der Waals surface area (Å²) in [5.41, 5.74) is 7.11. The van der Waals surface area contributed by atoms with Crippen molar-refractivity contribution in [1.29, 1.82) is 0 Å². The van der Waals surface area contributed by atoms with Gasteiger partial charge < -0.3 is 10.5 Å². The lowest BCUT2D eigenvalue weighted by Gasteiger charge is -2.15. The van der Waals surface area contributed by atoms with Crippen molar-refractivity contribution >= 4 is 0 Å². The normalized spacial score (nSPS) is 13.3. The van der Waals surface area contributed by atoms with Crippen LogP contribution >= 0.6 is 0 Å². The Bertz CT molecular complexity index is 405. The highest BCUT2D eigenvalue weighted by atomic mass is 19.1. The molecule has 1 rings (SSSR count). The molecule has 0 aliphatic rings. The zero-order valence-corrected chi connectivity index (χ0v) is 10.9. The number of hydrogen-bond acceptors (Lipinski definition) is 2. The van der Waals surface area contributed by atoms with E-state index in [1.54, 1.807) is 6.92 Å². The van der Waals surface area contributed by atoms with E-state index in [4.69, 9.17) is 10.5 Å². The van der Waals surface area contributed by atoms with Crippen LogP contribution in [0.4, 0.5) is 4.39 Å². The van der Waals surface area contributed by atoms with Crippen molar-refractivity contribution in [2.45, 2.75) is 26.3 Å². The zero-order valence-electron chi connectivity index (χ0n) is 10.9. The van der Waals surface area contributed by atoms with Gasteiger partial charge in [0.05, 0.1) is 6.04 Å². The molecule has 0 spiro atoms. The number of benzene rings is 1. The average molecular weight is 249 g/mol. The second-order valence-corrected chi connectivity index (χ2v) is 4.28. The Morgan fingerprint density at radius 1 is 1.33 bits per heavy atom. The summed E-state index contributed by atoms with van der Waals surface area (Å²) in [6.07, 6.45) is 0.874. The Labute approximate surface area is 108 Å². The highest BCUT2D eigenvalue weighted by Gasteiger charge is 2.10. The molecule has 2 nitrogen and oxygen atoms in total. The first-order valence-corrected chi connectivity index (χ1v) is 6.13. The van der Waals surface area contributed by atoms with Crippen LogP contribution in [0.1, 0.15) is 19.4 Å². The highest BCUT2D eigenvalue weighted by molar-refractivity contribution is 5.28. The van der Waals surface area contributed by atoms with Crippen LogP contribution in [0, 0.1) is 17.8 Å². The minimum atomic E-state index is -0.469. The maximum atomic E-state index is 11.9. The summed E-state index contributed by atoms with van der Waals surface area (Å²) in [5, 5.41) is 0. The molecular formula is C15H20FNO. The lowest BCUT2D eigenvalue weighted by molar-refractivity contribution is 0.273. The van der Waals surface area contributed by atoms with Gasteiger partial charge in [0.2, 0.25) is 0 Å². The van der Waals surface area contributed by atoms with Crippen LogP contribution in [0.3, 0.4) is 0 Å². The minimum Gasteiger partial charge on any atom is -0.491 e. The monoisotopic (exact) mass is 249 g/mol. The minimum absolute atomic E-state index is 0.0996. The van der Waals surface area contributed by atoms with Crippen LogP contribution in [-0.2, 0) is 6.42 Å². The van der Waals surface area contributed by atoms with Gasteiger partial charge in [-0.15, -0.1) is 5.92 Å². The van der Waals surface area contributed by atoms with Gasteiger partial charge >= 0.3 is 0 Å². The molecule has 0 amide bonds. The topological polar surface area (TPSA) is 35.2 Å². The second kappa shape index (κ2) is 7.73. The maximum Gasteiger partial charge on any atom is 0.123 e. The first-order chi connectivity index (χ1) is 8.67. The molecule has 2 unspecified atom stereocenters. The molecule has 0 aromatic heterocycles. The van der Waals surface area contributed by atoms with E-state index in [0.717, 1.165) is 6.42 Å². The van der Waals surface area contributed by atoms with Crippen molar-refractivity contribution in [3.63, 3.8) is 0 Å². The predicted molar refractivity (Wildman–Crippen MR) is 72.2 cm³/mol. The SMILES string of the molecule is CC#CC(N)C(C)Cc1ccc(OCCF)cc1. The van der Waals surface area contributed by atoms with Gasteiger partial charge in [0.15, 0.2) is 0 Å². The maximum absolute atomic E-state index is 11.9. The number of nitrogens with two attached hydrogens (primary N) is 1. The third-order valence-corrected chi connectivity index (χ3v) is 2.75. The van der Waals surface area contributed by atoms with Gasteiger partial charge in [-0.2, -0.15) is 0 Å². The Morgan fingerprint density at radius 3 is 2.56 bits per heavy atom. The lowest BCUT2D eigenvalue weighted by atomic mass is 9.95. The van der Waals surface area contributed by atoms with Gasteiger partial charge in [-0.3, -0.25) is 0 Å².